The number of halogens is 1. The minimum Gasteiger partial charge on any atom is -0.399 e. The Balaban J connectivity index is 2.55. The molecule has 0 bridgehead atoms. The van der Waals surface area contributed by atoms with E-state index in [0.29, 0.717) is 12.1 Å². The number of hydrogen-bond acceptors (Lipinski definition) is 1. The highest BCUT2D eigenvalue weighted by molar-refractivity contribution is 5.47. The third-order valence-corrected chi connectivity index (χ3v) is 2.79. The van der Waals surface area contributed by atoms with Crippen molar-refractivity contribution >= 4 is 5.69 Å². The van der Waals surface area contributed by atoms with Gasteiger partial charge in [0.05, 0.1) is 0 Å². The molecule has 2 rings (SSSR count). The van der Waals surface area contributed by atoms with Crippen molar-refractivity contribution in [2.24, 2.45) is 0 Å². The quantitative estimate of drug-likeness (QED) is 0.609. The Morgan fingerprint density at radius 1 is 1.46 bits per heavy atom. The van der Waals surface area contributed by atoms with Gasteiger partial charge in [0.25, 0.3) is 0 Å². The predicted octanol–water partition coefficient (Wildman–Crippen LogP) is 2.79. The van der Waals surface area contributed by atoms with Gasteiger partial charge in [-0.15, -0.1) is 0 Å². The first-order chi connectivity index (χ1) is 6.09. The maximum atomic E-state index is 14.0. The smallest absolute Gasteiger partial charge is 0.133 e. The van der Waals surface area contributed by atoms with Crippen molar-refractivity contribution in [1.82, 2.24) is 0 Å². The van der Waals surface area contributed by atoms with Crippen molar-refractivity contribution < 1.29 is 4.39 Å². The summed E-state index contributed by atoms with van der Waals surface area (Å²) in [5.41, 5.74) is 7.02. The molecule has 1 aliphatic carbocycles. The highest BCUT2D eigenvalue weighted by Gasteiger charge is 2.31. The van der Waals surface area contributed by atoms with Gasteiger partial charge in [-0.05, 0) is 49.4 Å². The number of hydrogen-bond donors (Lipinski definition) is 1. The Morgan fingerprint density at radius 3 is 3.00 bits per heavy atom. The van der Waals surface area contributed by atoms with E-state index in [9.17, 15) is 4.39 Å². The van der Waals surface area contributed by atoms with E-state index in [1.807, 2.05) is 12.1 Å². The van der Waals surface area contributed by atoms with Gasteiger partial charge in [-0.25, -0.2) is 4.39 Å². The van der Waals surface area contributed by atoms with E-state index in [2.05, 4.69) is 0 Å². The lowest BCUT2D eigenvalue weighted by molar-refractivity contribution is 0.162. The number of nitrogens with two attached hydrogens (primary N) is 1. The molecule has 13 heavy (non-hydrogen) atoms. The zero-order valence-corrected chi connectivity index (χ0v) is 7.81. The molecule has 0 fully saturated rings. The first-order valence-electron chi connectivity index (χ1n) is 4.67. The number of rotatable bonds is 0. The van der Waals surface area contributed by atoms with Crippen LogP contribution in [0.15, 0.2) is 18.2 Å². The number of alkyl halides is 1. The van der Waals surface area contributed by atoms with Gasteiger partial charge in [-0.3, -0.25) is 0 Å². The maximum absolute atomic E-state index is 14.0. The average molecular weight is 179 g/mol. The van der Waals surface area contributed by atoms with E-state index in [-0.39, 0.29) is 0 Å². The van der Waals surface area contributed by atoms with Crippen molar-refractivity contribution in [1.29, 1.82) is 0 Å². The normalized spacial score (nSPS) is 26.9. The standard InChI is InChI=1S/C11H14FN/c1-11(12)6-2-3-8-4-5-9(13)7-10(8)11/h4-5,7H,2-3,6,13H2,1H3. The number of aryl methyl sites for hydroxylation is 1. The van der Waals surface area contributed by atoms with Crippen LogP contribution in [-0.4, -0.2) is 0 Å². The molecule has 0 aliphatic heterocycles. The summed E-state index contributed by atoms with van der Waals surface area (Å²) in [6.45, 7) is 1.64. The molecule has 2 N–H and O–H groups in total. The Labute approximate surface area is 77.8 Å². The zero-order chi connectivity index (χ0) is 9.47. The topological polar surface area (TPSA) is 26.0 Å². The summed E-state index contributed by atoms with van der Waals surface area (Å²) < 4.78 is 14.0. The summed E-state index contributed by atoms with van der Waals surface area (Å²) in [6, 6.07) is 5.57. The van der Waals surface area contributed by atoms with Gasteiger partial charge in [0.15, 0.2) is 0 Å². The second-order valence-corrected chi connectivity index (χ2v) is 3.97. The van der Waals surface area contributed by atoms with Crippen LogP contribution in [-0.2, 0) is 12.1 Å². The number of benzene rings is 1. The van der Waals surface area contributed by atoms with Crippen LogP contribution >= 0.6 is 0 Å². The molecular formula is C11H14FN. The van der Waals surface area contributed by atoms with Crippen molar-refractivity contribution in [2.45, 2.75) is 31.9 Å². The summed E-state index contributed by atoms with van der Waals surface area (Å²) in [4.78, 5) is 0. The van der Waals surface area contributed by atoms with E-state index in [1.54, 1.807) is 13.0 Å². The van der Waals surface area contributed by atoms with Crippen LogP contribution in [0.4, 0.5) is 10.1 Å². The van der Waals surface area contributed by atoms with Crippen LogP contribution in [0, 0.1) is 0 Å². The van der Waals surface area contributed by atoms with E-state index in [4.69, 9.17) is 5.73 Å². The highest BCUT2D eigenvalue weighted by Crippen LogP contribution is 2.38. The van der Waals surface area contributed by atoms with Gasteiger partial charge < -0.3 is 5.73 Å². The predicted molar refractivity (Wildman–Crippen MR) is 52.3 cm³/mol. The summed E-state index contributed by atoms with van der Waals surface area (Å²) in [7, 11) is 0. The highest BCUT2D eigenvalue weighted by atomic mass is 19.1. The number of nitrogen functional groups attached to an aromatic ring is 1. The third kappa shape index (κ3) is 1.41. The van der Waals surface area contributed by atoms with E-state index < -0.39 is 5.67 Å². The average Bonchev–Trinajstić information content (AvgIpc) is 2.06. The van der Waals surface area contributed by atoms with Crippen LogP contribution in [0.5, 0.6) is 0 Å². The third-order valence-electron chi connectivity index (χ3n) is 2.79. The molecule has 1 atom stereocenters. The van der Waals surface area contributed by atoms with Crippen LogP contribution < -0.4 is 5.73 Å². The van der Waals surface area contributed by atoms with Crippen LogP contribution in [0.3, 0.4) is 0 Å². The minimum absolute atomic E-state index is 0.615. The molecule has 1 aromatic carbocycles. The molecule has 70 valence electrons. The van der Waals surface area contributed by atoms with E-state index in [1.165, 1.54) is 0 Å². The monoisotopic (exact) mass is 179 g/mol. The molecule has 1 aliphatic rings. The molecule has 0 heterocycles. The lowest BCUT2D eigenvalue weighted by Crippen LogP contribution is -2.22. The maximum Gasteiger partial charge on any atom is 0.133 e. The molecule has 1 aromatic rings. The molecule has 1 unspecified atom stereocenters. The molecule has 0 saturated heterocycles. The molecule has 0 amide bonds. The first-order valence-corrected chi connectivity index (χ1v) is 4.67. The zero-order valence-electron chi connectivity index (χ0n) is 7.81. The molecule has 0 aromatic heterocycles. The molecular weight excluding hydrogens is 165 g/mol. The summed E-state index contributed by atoms with van der Waals surface area (Å²) in [6.07, 6.45) is 2.53. The second-order valence-electron chi connectivity index (χ2n) is 3.97. The van der Waals surface area contributed by atoms with Crippen LogP contribution in [0.2, 0.25) is 0 Å². The van der Waals surface area contributed by atoms with Crippen LogP contribution in [0.1, 0.15) is 30.9 Å². The van der Waals surface area contributed by atoms with Crippen molar-refractivity contribution in [2.75, 3.05) is 5.73 Å². The lowest BCUT2D eigenvalue weighted by Gasteiger charge is -2.28. The Bertz CT molecular complexity index is 331. The summed E-state index contributed by atoms with van der Waals surface area (Å²) in [5.74, 6) is 0. The van der Waals surface area contributed by atoms with Gasteiger partial charge in [0.1, 0.15) is 5.67 Å². The Morgan fingerprint density at radius 2 is 2.23 bits per heavy atom. The second kappa shape index (κ2) is 2.72. The van der Waals surface area contributed by atoms with Gasteiger partial charge in [-0.2, -0.15) is 0 Å². The molecule has 2 heteroatoms. The number of anilines is 1. The number of fused-ring (bicyclic) bond motifs is 1. The van der Waals surface area contributed by atoms with Crippen molar-refractivity contribution in [3.05, 3.63) is 29.3 Å². The molecule has 0 spiro atoms. The fourth-order valence-electron chi connectivity index (χ4n) is 2.04. The largest absolute Gasteiger partial charge is 0.399 e. The fraction of sp³-hybridized carbons (Fsp3) is 0.455. The Kier molecular flexibility index (Phi) is 1.79. The summed E-state index contributed by atoms with van der Waals surface area (Å²) in [5, 5.41) is 0. The molecule has 0 saturated carbocycles. The van der Waals surface area contributed by atoms with Gasteiger partial charge in [0, 0.05) is 5.69 Å². The minimum atomic E-state index is -1.18. The fourth-order valence-corrected chi connectivity index (χ4v) is 2.04. The van der Waals surface area contributed by atoms with E-state index >= 15 is 0 Å². The lowest BCUT2D eigenvalue weighted by atomic mass is 9.81. The van der Waals surface area contributed by atoms with Crippen molar-refractivity contribution in [3.63, 3.8) is 0 Å². The molecule has 0 radical (unpaired) electrons. The van der Waals surface area contributed by atoms with Gasteiger partial charge in [0.2, 0.25) is 0 Å². The SMILES string of the molecule is CC1(F)CCCc2ccc(N)cc21. The van der Waals surface area contributed by atoms with Crippen LogP contribution in [0.25, 0.3) is 0 Å². The van der Waals surface area contributed by atoms with E-state index in [0.717, 1.165) is 24.0 Å². The van der Waals surface area contributed by atoms with Gasteiger partial charge in [-0.1, -0.05) is 6.07 Å². The first kappa shape index (κ1) is 8.54. The van der Waals surface area contributed by atoms with Crippen molar-refractivity contribution in [3.8, 4) is 0 Å². The van der Waals surface area contributed by atoms with Gasteiger partial charge >= 0.3 is 0 Å². The Hall–Kier alpha value is -1.05. The molecule has 1 nitrogen and oxygen atoms in total. The summed E-state index contributed by atoms with van der Waals surface area (Å²) >= 11 is 0.